The highest BCUT2D eigenvalue weighted by Crippen LogP contribution is 2.12. The number of anilines is 1. The molecule has 2 aromatic rings. The quantitative estimate of drug-likeness (QED) is 0.856. The standard InChI is InChI=1S/C8H6BrClN4O/c9-5-1-2-14-6(3-5)11-8(13-14)12-7(15)4-10/h1-3H,4H2,(H,12,13,15). The molecule has 0 aliphatic rings. The highest BCUT2D eigenvalue weighted by molar-refractivity contribution is 9.10. The Hall–Kier alpha value is -1.14. The van der Waals surface area contributed by atoms with Crippen LogP contribution >= 0.6 is 27.5 Å². The number of rotatable bonds is 2. The molecule has 0 aliphatic heterocycles. The minimum atomic E-state index is -0.327. The molecular weight excluding hydrogens is 283 g/mol. The number of hydrogen-bond acceptors (Lipinski definition) is 3. The van der Waals surface area contributed by atoms with Crippen LogP contribution in [-0.4, -0.2) is 26.4 Å². The number of amides is 1. The van der Waals surface area contributed by atoms with Gasteiger partial charge in [-0.3, -0.25) is 10.1 Å². The smallest absolute Gasteiger partial charge is 0.249 e. The fourth-order valence-electron chi connectivity index (χ4n) is 1.07. The molecule has 1 N–H and O–H groups in total. The molecule has 0 saturated heterocycles. The minimum absolute atomic E-state index is 0.112. The molecule has 0 saturated carbocycles. The predicted molar refractivity (Wildman–Crippen MR) is 60.0 cm³/mol. The van der Waals surface area contributed by atoms with Gasteiger partial charge in [0.1, 0.15) is 5.88 Å². The maximum atomic E-state index is 11.0. The highest BCUT2D eigenvalue weighted by Gasteiger charge is 2.06. The Morgan fingerprint density at radius 3 is 3.20 bits per heavy atom. The zero-order valence-electron chi connectivity index (χ0n) is 7.44. The number of nitrogens with one attached hydrogen (secondary N) is 1. The van der Waals surface area contributed by atoms with Gasteiger partial charge in [0.15, 0.2) is 5.65 Å². The van der Waals surface area contributed by atoms with Crippen molar-refractivity contribution in [3.63, 3.8) is 0 Å². The van der Waals surface area contributed by atoms with Crippen LogP contribution in [0.2, 0.25) is 0 Å². The molecule has 15 heavy (non-hydrogen) atoms. The van der Waals surface area contributed by atoms with Gasteiger partial charge in [-0.2, -0.15) is 4.98 Å². The summed E-state index contributed by atoms with van der Waals surface area (Å²) in [4.78, 5) is 15.1. The van der Waals surface area contributed by atoms with Crippen LogP contribution in [-0.2, 0) is 4.79 Å². The third kappa shape index (κ3) is 2.27. The molecule has 0 aromatic carbocycles. The number of halogens is 2. The van der Waals surface area contributed by atoms with Crippen LogP contribution in [0.4, 0.5) is 5.95 Å². The van der Waals surface area contributed by atoms with Crippen LogP contribution in [0.3, 0.4) is 0 Å². The number of aromatic nitrogens is 3. The van der Waals surface area contributed by atoms with Gasteiger partial charge in [0, 0.05) is 10.7 Å². The van der Waals surface area contributed by atoms with Gasteiger partial charge >= 0.3 is 0 Å². The second kappa shape index (κ2) is 4.16. The molecule has 7 heteroatoms. The van der Waals surface area contributed by atoms with Crippen LogP contribution in [0.25, 0.3) is 5.65 Å². The number of hydrogen-bond donors (Lipinski definition) is 1. The number of pyridine rings is 1. The average molecular weight is 290 g/mol. The lowest BCUT2D eigenvalue weighted by atomic mass is 10.5. The lowest BCUT2D eigenvalue weighted by Gasteiger charge is -1.93. The van der Waals surface area contributed by atoms with Gasteiger partial charge < -0.3 is 0 Å². The van der Waals surface area contributed by atoms with E-state index in [0.29, 0.717) is 5.65 Å². The lowest BCUT2D eigenvalue weighted by Crippen LogP contribution is -2.13. The Balaban J connectivity index is 2.34. The monoisotopic (exact) mass is 288 g/mol. The van der Waals surface area contributed by atoms with Crippen molar-refractivity contribution in [1.82, 2.24) is 14.6 Å². The van der Waals surface area contributed by atoms with Gasteiger partial charge in [-0.25, -0.2) is 4.52 Å². The van der Waals surface area contributed by atoms with E-state index in [1.165, 1.54) is 0 Å². The first kappa shape index (κ1) is 10.4. The summed E-state index contributed by atoms with van der Waals surface area (Å²) in [6, 6.07) is 3.62. The molecule has 2 aromatic heterocycles. The first-order valence-corrected chi connectivity index (χ1v) is 5.39. The maximum Gasteiger partial charge on any atom is 0.249 e. The van der Waals surface area contributed by atoms with Gasteiger partial charge in [0.25, 0.3) is 0 Å². The Morgan fingerprint density at radius 1 is 1.67 bits per heavy atom. The van der Waals surface area contributed by atoms with E-state index in [4.69, 9.17) is 11.6 Å². The second-order valence-corrected chi connectivity index (χ2v) is 3.95. The average Bonchev–Trinajstić information content (AvgIpc) is 2.59. The Bertz CT molecular complexity index is 512. The van der Waals surface area contributed by atoms with Gasteiger partial charge in [0.2, 0.25) is 11.9 Å². The summed E-state index contributed by atoms with van der Waals surface area (Å²) in [5, 5.41) is 6.51. The SMILES string of the molecule is O=C(CCl)Nc1nc2cc(Br)ccn2n1. The topological polar surface area (TPSA) is 59.3 Å². The van der Waals surface area contributed by atoms with E-state index in [0.717, 1.165) is 4.47 Å². The lowest BCUT2D eigenvalue weighted by molar-refractivity contribution is -0.114. The molecule has 0 spiro atoms. The Labute approximate surface area is 98.6 Å². The van der Waals surface area contributed by atoms with Crippen molar-refractivity contribution in [2.24, 2.45) is 0 Å². The third-order valence-electron chi connectivity index (χ3n) is 1.67. The van der Waals surface area contributed by atoms with E-state index in [1.807, 2.05) is 6.07 Å². The number of carbonyl (C=O) groups is 1. The van der Waals surface area contributed by atoms with Crippen molar-refractivity contribution in [1.29, 1.82) is 0 Å². The summed E-state index contributed by atoms with van der Waals surface area (Å²) in [5.41, 5.74) is 0.647. The van der Waals surface area contributed by atoms with Crippen molar-refractivity contribution < 1.29 is 4.79 Å². The fraction of sp³-hybridized carbons (Fsp3) is 0.125. The first-order chi connectivity index (χ1) is 7.19. The number of carbonyl (C=O) groups excluding carboxylic acids is 1. The highest BCUT2D eigenvalue weighted by atomic mass is 79.9. The maximum absolute atomic E-state index is 11.0. The zero-order chi connectivity index (χ0) is 10.8. The molecule has 0 fully saturated rings. The van der Waals surface area contributed by atoms with Crippen molar-refractivity contribution in [2.45, 2.75) is 0 Å². The molecular formula is C8H6BrClN4O. The van der Waals surface area contributed by atoms with Crippen molar-refractivity contribution in [3.8, 4) is 0 Å². The molecule has 0 aliphatic carbocycles. The van der Waals surface area contributed by atoms with Crippen molar-refractivity contribution >= 4 is 45.0 Å². The number of alkyl halides is 1. The molecule has 2 heterocycles. The van der Waals surface area contributed by atoms with E-state index < -0.39 is 0 Å². The second-order valence-electron chi connectivity index (χ2n) is 2.76. The minimum Gasteiger partial charge on any atom is -0.292 e. The van der Waals surface area contributed by atoms with Crippen LogP contribution in [0, 0.1) is 0 Å². The van der Waals surface area contributed by atoms with E-state index in [9.17, 15) is 4.79 Å². The molecule has 0 atom stereocenters. The van der Waals surface area contributed by atoms with Gasteiger partial charge in [0.05, 0.1) is 0 Å². The van der Waals surface area contributed by atoms with E-state index in [2.05, 4.69) is 31.3 Å². The van der Waals surface area contributed by atoms with Gasteiger partial charge in [-0.15, -0.1) is 16.7 Å². The molecule has 1 amide bonds. The molecule has 0 unspecified atom stereocenters. The summed E-state index contributed by atoms with van der Waals surface area (Å²) in [5.74, 6) is -0.190. The fourth-order valence-corrected chi connectivity index (χ4v) is 1.46. The van der Waals surface area contributed by atoms with Gasteiger partial charge in [-0.1, -0.05) is 15.9 Å². The Kier molecular flexibility index (Phi) is 2.88. The molecule has 78 valence electrons. The number of fused-ring (bicyclic) bond motifs is 1. The van der Waals surface area contributed by atoms with Crippen LogP contribution in [0.15, 0.2) is 22.8 Å². The summed E-state index contributed by atoms with van der Waals surface area (Å²) in [6.07, 6.45) is 1.74. The van der Waals surface area contributed by atoms with Crippen LogP contribution in [0.1, 0.15) is 0 Å². The van der Waals surface area contributed by atoms with Crippen LogP contribution in [0.5, 0.6) is 0 Å². The first-order valence-electron chi connectivity index (χ1n) is 4.07. The summed E-state index contributed by atoms with van der Waals surface area (Å²) >= 11 is 8.66. The van der Waals surface area contributed by atoms with Gasteiger partial charge in [-0.05, 0) is 12.1 Å². The van der Waals surface area contributed by atoms with Crippen molar-refractivity contribution in [3.05, 3.63) is 22.8 Å². The largest absolute Gasteiger partial charge is 0.292 e. The van der Waals surface area contributed by atoms with Crippen molar-refractivity contribution in [2.75, 3.05) is 11.2 Å². The zero-order valence-corrected chi connectivity index (χ0v) is 9.79. The third-order valence-corrected chi connectivity index (χ3v) is 2.41. The number of nitrogens with zero attached hydrogens (tertiary/aromatic N) is 3. The van der Waals surface area contributed by atoms with E-state index >= 15 is 0 Å². The Morgan fingerprint density at radius 2 is 2.47 bits per heavy atom. The van der Waals surface area contributed by atoms with Crippen LogP contribution < -0.4 is 5.32 Å². The molecule has 5 nitrogen and oxygen atoms in total. The summed E-state index contributed by atoms with van der Waals surface area (Å²) < 4.78 is 2.46. The van der Waals surface area contributed by atoms with E-state index in [1.54, 1.807) is 16.8 Å². The molecule has 2 rings (SSSR count). The van der Waals surface area contributed by atoms with E-state index in [-0.39, 0.29) is 17.7 Å². The molecule has 0 radical (unpaired) electrons. The molecule has 0 bridgehead atoms. The predicted octanol–water partition coefficient (Wildman–Crippen LogP) is 1.67. The summed E-state index contributed by atoms with van der Waals surface area (Å²) in [7, 11) is 0. The summed E-state index contributed by atoms with van der Waals surface area (Å²) in [6.45, 7) is 0. The normalized spacial score (nSPS) is 10.5.